The highest BCUT2D eigenvalue weighted by Gasteiger charge is 2.45. The van der Waals surface area contributed by atoms with Gasteiger partial charge in [-0.2, -0.15) is 0 Å². The van der Waals surface area contributed by atoms with Gasteiger partial charge in [0.1, 0.15) is 5.54 Å². The lowest BCUT2D eigenvalue weighted by Gasteiger charge is -2.44. The SMILES string of the molecule is Cn1cncc1[C@]1(c2ccc3c(c2)c(-c2cccc(Cl)c2)cc(=O)n3C)NC(c2ccccc2)c2cc1ccc2Cl. The molecule has 1 aliphatic rings. The van der Waals surface area contributed by atoms with E-state index >= 15 is 0 Å². The fourth-order valence-electron chi connectivity index (χ4n) is 6.21. The van der Waals surface area contributed by atoms with E-state index in [1.165, 1.54) is 0 Å². The van der Waals surface area contributed by atoms with Gasteiger partial charge in [-0.25, -0.2) is 4.98 Å². The summed E-state index contributed by atoms with van der Waals surface area (Å²) in [5, 5.41) is 6.30. The van der Waals surface area contributed by atoms with Crippen LogP contribution in [-0.2, 0) is 19.6 Å². The molecule has 202 valence electrons. The number of hydrogen-bond acceptors (Lipinski definition) is 3. The average Bonchev–Trinajstić information content (AvgIpc) is 3.43. The van der Waals surface area contributed by atoms with Crippen LogP contribution >= 0.6 is 23.2 Å². The van der Waals surface area contributed by atoms with Gasteiger partial charge in [-0.15, -0.1) is 0 Å². The van der Waals surface area contributed by atoms with Crippen molar-refractivity contribution in [1.29, 1.82) is 0 Å². The number of aromatic nitrogens is 3. The molecule has 4 aromatic carbocycles. The molecule has 2 aromatic heterocycles. The van der Waals surface area contributed by atoms with Crippen LogP contribution in [0.4, 0.5) is 0 Å². The normalized spacial score (nSPS) is 18.1. The van der Waals surface area contributed by atoms with Crippen LogP contribution in [0, 0.1) is 0 Å². The molecular weight excluding hydrogens is 551 g/mol. The molecule has 5 nitrogen and oxygen atoms in total. The van der Waals surface area contributed by atoms with Crippen LogP contribution in [0.3, 0.4) is 0 Å². The Morgan fingerprint density at radius 2 is 1.63 bits per heavy atom. The summed E-state index contributed by atoms with van der Waals surface area (Å²) in [6.45, 7) is 0. The van der Waals surface area contributed by atoms with Gasteiger partial charge in [0, 0.05) is 35.6 Å². The lowest BCUT2D eigenvalue weighted by atomic mass is 9.74. The summed E-state index contributed by atoms with van der Waals surface area (Å²) in [5.41, 5.74) is 6.91. The Morgan fingerprint density at radius 3 is 2.39 bits per heavy atom. The first kappa shape index (κ1) is 25.8. The molecule has 2 atom stereocenters. The molecule has 6 aromatic rings. The fraction of sp³-hybridized carbons (Fsp3) is 0.118. The summed E-state index contributed by atoms with van der Waals surface area (Å²) in [4.78, 5) is 17.6. The van der Waals surface area contributed by atoms with Crippen molar-refractivity contribution < 1.29 is 0 Å². The van der Waals surface area contributed by atoms with Crippen LogP contribution < -0.4 is 10.9 Å². The largest absolute Gasteiger partial charge is 0.335 e. The molecule has 1 N–H and O–H groups in total. The van der Waals surface area contributed by atoms with E-state index in [0.717, 1.165) is 50.0 Å². The van der Waals surface area contributed by atoms with Crippen LogP contribution in [0.25, 0.3) is 22.0 Å². The van der Waals surface area contributed by atoms with Gasteiger partial charge in [0.25, 0.3) is 5.56 Å². The lowest BCUT2D eigenvalue weighted by Crippen LogP contribution is -2.50. The summed E-state index contributed by atoms with van der Waals surface area (Å²) in [6.07, 6.45) is 3.74. The maximum absolute atomic E-state index is 13.0. The summed E-state index contributed by atoms with van der Waals surface area (Å²) in [7, 11) is 3.82. The van der Waals surface area contributed by atoms with E-state index in [0.29, 0.717) is 10.0 Å². The Kier molecular flexibility index (Phi) is 6.12. The number of imidazole rings is 1. The molecule has 0 saturated carbocycles. The monoisotopic (exact) mass is 576 g/mol. The number of rotatable bonds is 4. The third-order valence-corrected chi connectivity index (χ3v) is 8.83. The van der Waals surface area contributed by atoms with Gasteiger partial charge in [-0.05, 0) is 69.8 Å². The molecule has 2 bridgehead atoms. The molecular formula is C34H26Cl2N4O. The molecule has 0 spiro atoms. The van der Waals surface area contributed by atoms with E-state index in [1.54, 1.807) is 17.7 Å². The third kappa shape index (κ3) is 4.04. The van der Waals surface area contributed by atoms with Gasteiger partial charge in [0.05, 0.1) is 29.8 Å². The van der Waals surface area contributed by atoms with Gasteiger partial charge < -0.3 is 9.13 Å². The quantitative estimate of drug-likeness (QED) is 0.241. The van der Waals surface area contributed by atoms with Gasteiger partial charge >= 0.3 is 0 Å². The van der Waals surface area contributed by atoms with E-state index in [1.807, 2.05) is 74.2 Å². The minimum absolute atomic E-state index is 0.0798. The highest BCUT2D eigenvalue weighted by molar-refractivity contribution is 6.31. The molecule has 1 unspecified atom stereocenters. The second-order valence-corrected chi connectivity index (χ2v) is 11.4. The smallest absolute Gasteiger partial charge is 0.251 e. The van der Waals surface area contributed by atoms with Crippen molar-refractivity contribution in [3.63, 3.8) is 0 Å². The first-order valence-corrected chi connectivity index (χ1v) is 14.1. The topological polar surface area (TPSA) is 51.9 Å². The molecule has 3 heterocycles. The maximum atomic E-state index is 13.0. The van der Waals surface area contributed by atoms with Crippen LogP contribution in [-0.4, -0.2) is 14.1 Å². The van der Waals surface area contributed by atoms with E-state index in [9.17, 15) is 4.79 Å². The number of benzene rings is 4. The summed E-state index contributed by atoms with van der Waals surface area (Å²) >= 11 is 13.2. The van der Waals surface area contributed by atoms with Gasteiger partial charge in [-0.1, -0.05) is 77.8 Å². The molecule has 0 fully saturated rings. The molecule has 7 rings (SSSR count). The zero-order chi connectivity index (χ0) is 28.3. The van der Waals surface area contributed by atoms with Crippen molar-refractivity contribution in [2.45, 2.75) is 11.6 Å². The first-order valence-electron chi connectivity index (χ1n) is 13.4. The van der Waals surface area contributed by atoms with Crippen molar-refractivity contribution >= 4 is 34.1 Å². The van der Waals surface area contributed by atoms with Crippen molar-refractivity contribution in [1.82, 2.24) is 19.4 Å². The highest BCUT2D eigenvalue weighted by atomic mass is 35.5. The van der Waals surface area contributed by atoms with E-state index in [2.05, 4.69) is 51.3 Å². The summed E-state index contributed by atoms with van der Waals surface area (Å²) < 4.78 is 3.74. The Hall–Kier alpha value is -4.16. The fourth-order valence-corrected chi connectivity index (χ4v) is 6.63. The zero-order valence-electron chi connectivity index (χ0n) is 22.5. The number of halogens is 2. The highest BCUT2D eigenvalue weighted by Crippen LogP contribution is 2.47. The second-order valence-electron chi connectivity index (χ2n) is 10.6. The van der Waals surface area contributed by atoms with Crippen molar-refractivity contribution in [3.8, 4) is 11.1 Å². The Bertz CT molecular complexity index is 2010. The van der Waals surface area contributed by atoms with Crippen molar-refractivity contribution in [2.75, 3.05) is 0 Å². The number of nitrogens with zero attached hydrogens (tertiary/aromatic N) is 3. The number of nitrogens with one attached hydrogen (secondary N) is 1. The predicted molar refractivity (Wildman–Crippen MR) is 166 cm³/mol. The molecule has 1 aliphatic heterocycles. The second kappa shape index (κ2) is 9.74. The minimum Gasteiger partial charge on any atom is -0.335 e. The molecule has 0 aliphatic carbocycles. The number of hydrogen-bond donors (Lipinski definition) is 1. The van der Waals surface area contributed by atoms with Crippen molar-refractivity contribution in [3.05, 3.63) is 158 Å². The molecule has 0 radical (unpaired) electrons. The van der Waals surface area contributed by atoms with Crippen LogP contribution in [0.2, 0.25) is 10.0 Å². The minimum atomic E-state index is -0.766. The molecule has 0 saturated heterocycles. The van der Waals surface area contributed by atoms with Gasteiger partial charge in [0.2, 0.25) is 0 Å². The third-order valence-electron chi connectivity index (χ3n) is 8.25. The van der Waals surface area contributed by atoms with Gasteiger partial charge in [-0.3, -0.25) is 10.1 Å². The number of fused-ring (bicyclic) bond motifs is 3. The van der Waals surface area contributed by atoms with Crippen LogP contribution in [0.5, 0.6) is 0 Å². The summed E-state index contributed by atoms with van der Waals surface area (Å²) in [6, 6.07) is 32.1. The predicted octanol–water partition coefficient (Wildman–Crippen LogP) is 7.23. The van der Waals surface area contributed by atoms with Gasteiger partial charge in [0.15, 0.2) is 0 Å². The first-order chi connectivity index (χ1) is 19.9. The number of aryl methyl sites for hydroxylation is 2. The Labute approximate surface area is 247 Å². The van der Waals surface area contributed by atoms with E-state index in [-0.39, 0.29) is 11.6 Å². The maximum Gasteiger partial charge on any atom is 0.251 e. The molecule has 7 heteroatoms. The van der Waals surface area contributed by atoms with Crippen LogP contribution in [0.1, 0.15) is 34.0 Å². The number of pyridine rings is 1. The van der Waals surface area contributed by atoms with Crippen LogP contribution in [0.15, 0.2) is 114 Å². The molecule has 0 amide bonds. The Balaban J connectivity index is 1.56. The standard InChI is InChI=1S/C34H26Cl2N4O/c1-39-20-37-19-31(39)34(23-11-13-29(36)28(17-23)33(38-34)21-7-4-3-5-8-21)24-12-14-30-27(16-24)26(18-32(41)40(30)2)22-9-6-10-25(35)15-22/h3-20,33,38H,1-2H3/t33?,34-/m0/s1. The van der Waals surface area contributed by atoms with E-state index < -0.39 is 5.54 Å². The zero-order valence-corrected chi connectivity index (χ0v) is 24.0. The van der Waals surface area contributed by atoms with Crippen molar-refractivity contribution in [2.24, 2.45) is 14.1 Å². The summed E-state index contributed by atoms with van der Waals surface area (Å²) in [5.74, 6) is 0. The van der Waals surface area contributed by atoms with E-state index in [4.69, 9.17) is 23.2 Å². The molecule has 41 heavy (non-hydrogen) atoms. The Morgan fingerprint density at radius 1 is 0.854 bits per heavy atom. The lowest BCUT2D eigenvalue weighted by molar-refractivity contribution is 0.397. The average molecular weight is 578 g/mol.